The van der Waals surface area contributed by atoms with E-state index in [1.165, 1.54) is 10.1 Å². The molecule has 126 valence electrons. The fourth-order valence-corrected chi connectivity index (χ4v) is 3.63. The van der Waals surface area contributed by atoms with E-state index in [0.29, 0.717) is 22.2 Å². The van der Waals surface area contributed by atoms with Crippen molar-refractivity contribution < 1.29 is 4.79 Å². The highest BCUT2D eigenvalue weighted by molar-refractivity contribution is 7.71. The maximum absolute atomic E-state index is 12.6. The Bertz CT molecular complexity index is 1080. The van der Waals surface area contributed by atoms with Crippen molar-refractivity contribution in [2.75, 3.05) is 11.4 Å². The van der Waals surface area contributed by atoms with Gasteiger partial charge in [-0.3, -0.25) is 14.2 Å². The zero-order valence-corrected chi connectivity index (χ0v) is 14.4. The molecule has 6 heteroatoms. The lowest BCUT2D eigenvalue weighted by Crippen LogP contribution is -2.31. The Hall–Kier alpha value is -2.73. The third-order valence-corrected chi connectivity index (χ3v) is 4.95. The summed E-state index contributed by atoms with van der Waals surface area (Å²) in [6.07, 6.45) is 1.11. The maximum Gasteiger partial charge on any atom is 0.262 e. The minimum Gasteiger partial charge on any atom is -0.332 e. The first-order valence-corrected chi connectivity index (χ1v) is 8.66. The molecule has 1 N–H and O–H groups in total. The fourth-order valence-electron chi connectivity index (χ4n) is 3.34. The number of aromatic amines is 1. The molecule has 0 fully saturated rings. The van der Waals surface area contributed by atoms with Gasteiger partial charge in [-0.05, 0) is 42.4 Å². The van der Waals surface area contributed by atoms with E-state index in [4.69, 9.17) is 12.2 Å². The van der Waals surface area contributed by atoms with Gasteiger partial charge >= 0.3 is 0 Å². The predicted molar refractivity (Wildman–Crippen MR) is 101 cm³/mol. The Labute approximate surface area is 149 Å². The zero-order chi connectivity index (χ0) is 17.4. The molecule has 0 bridgehead atoms. The summed E-state index contributed by atoms with van der Waals surface area (Å²) < 4.78 is 1.82. The van der Waals surface area contributed by atoms with Gasteiger partial charge in [0.25, 0.3) is 5.56 Å². The molecule has 0 radical (unpaired) electrons. The molecule has 2 heterocycles. The van der Waals surface area contributed by atoms with Gasteiger partial charge in [0.15, 0.2) is 4.77 Å². The average Bonchev–Trinajstić information content (AvgIpc) is 3.05. The number of benzene rings is 2. The summed E-state index contributed by atoms with van der Waals surface area (Å²) in [5, 5.41) is 0.579. The van der Waals surface area contributed by atoms with Crippen LogP contribution in [-0.2, 0) is 17.8 Å². The lowest BCUT2D eigenvalue weighted by atomic mass is 10.2. The first kappa shape index (κ1) is 15.8. The molecule has 0 aliphatic carbocycles. The van der Waals surface area contributed by atoms with Gasteiger partial charge in [-0.25, -0.2) is 0 Å². The minimum atomic E-state index is -0.158. The van der Waals surface area contributed by atoms with Crippen LogP contribution in [0.2, 0.25) is 0 Å². The van der Waals surface area contributed by atoms with E-state index in [2.05, 4.69) is 4.98 Å². The molecule has 0 unspecified atom stereocenters. The normalized spacial score (nSPS) is 13.2. The van der Waals surface area contributed by atoms with Crippen LogP contribution in [0.1, 0.15) is 12.0 Å². The topological polar surface area (TPSA) is 58.1 Å². The number of H-pyrrole nitrogens is 1. The first-order chi connectivity index (χ1) is 12.1. The van der Waals surface area contributed by atoms with Crippen molar-refractivity contribution in [3.05, 3.63) is 69.2 Å². The van der Waals surface area contributed by atoms with E-state index in [1.807, 2.05) is 42.5 Å². The Morgan fingerprint density at radius 3 is 2.76 bits per heavy atom. The van der Waals surface area contributed by atoms with E-state index in [9.17, 15) is 9.59 Å². The maximum atomic E-state index is 12.6. The molecule has 0 atom stereocenters. The van der Waals surface area contributed by atoms with Gasteiger partial charge in [0.2, 0.25) is 5.91 Å². The average molecular weight is 351 g/mol. The first-order valence-electron chi connectivity index (χ1n) is 8.25. The Morgan fingerprint density at radius 1 is 1.12 bits per heavy atom. The number of carbonyl (C=O) groups is 1. The molecule has 3 aromatic rings. The number of aromatic nitrogens is 2. The number of rotatable bonds is 3. The zero-order valence-electron chi connectivity index (χ0n) is 13.6. The Kier molecular flexibility index (Phi) is 3.97. The number of para-hydroxylation sites is 2. The van der Waals surface area contributed by atoms with Crippen LogP contribution in [-0.4, -0.2) is 22.0 Å². The molecule has 1 aliphatic rings. The van der Waals surface area contributed by atoms with Gasteiger partial charge in [-0.2, -0.15) is 0 Å². The fraction of sp³-hybridized carbons (Fsp3) is 0.211. The van der Waals surface area contributed by atoms with Gasteiger partial charge < -0.3 is 9.88 Å². The van der Waals surface area contributed by atoms with E-state index < -0.39 is 0 Å². The number of hydrogen-bond donors (Lipinski definition) is 1. The van der Waals surface area contributed by atoms with Crippen LogP contribution in [0.15, 0.2) is 53.3 Å². The largest absolute Gasteiger partial charge is 0.332 e. The number of nitrogens with one attached hydrogen (secondary N) is 1. The summed E-state index contributed by atoms with van der Waals surface area (Å²) in [5.74, 6) is 0.0133. The van der Waals surface area contributed by atoms with Crippen LogP contribution in [0.3, 0.4) is 0 Å². The Morgan fingerprint density at radius 2 is 1.88 bits per heavy atom. The molecule has 0 saturated carbocycles. The summed E-state index contributed by atoms with van der Waals surface area (Å²) >= 11 is 5.30. The number of fused-ring (bicyclic) bond motifs is 2. The SMILES string of the molecule is O=C(CCn1c(=S)[nH]c2ccccc2c1=O)N1CCc2ccccc21. The summed E-state index contributed by atoms with van der Waals surface area (Å²) in [6.45, 7) is 0.966. The van der Waals surface area contributed by atoms with E-state index in [1.54, 1.807) is 11.0 Å². The summed E-state index contributed by atoms with van der Waals surface area (Å²) in [6, 6.07) is 15.2. The van der Waals surface area contributed by atoms with Crippen LogP contribution in [0.5, 0.6) is 0 Å². The van der Waals surface area contributed by atoms with Crippen LogP contribution < -0.4 is 10.5 Å². The van der Waals surface area contributed by atoms with Crippen molar-refractivity contribution >= 4 is 34.7 Å². The molecule has 25 heavy (non-hydrogen) atoms. The second-order valence-electron chi connectivity index (χ2n) is 6.11. The van der Waals surface area contributed by atoms with Crippen molar-refractivity contribution in [1.29, 1.82) is 0 Å². The molecular formula is C19H17N3O2S. The molecule has 1 aromatic heterocycles. The molecule has 1 aliphatic heterocycles. The van der Waals surface area contributed by atoms with Crippen LogP contribution in [0, 0.1) is 4.77 Å². The van der Waals surface area contributed by atoms with E-state index >= 15 is 0 Å². The van der Waals surface area contributed by atoms with Crippen LogP contribution >= 0.6 is 12.2 Å². The molecule has 1 amide bonds. The number of carbonyl (C=O) groups excluding carboxylic acids is 1. The van der Waals surface area contributed by atoms with Gasteiger partial charge in [0.1, 0.15) is 0 Å². The monoisotopic (exact) mass is 351 g/mol. The highest BCUT2D eigenvalue weighted by atomic mass is 32.1. The summed E-state index contributed by atoms with van der Waals surface area (Å²) in [4.78, 5) is 30.1. The third kappa shape index (κ3) is 2.78. The van der Waals surface area contributed by atoms with Crippen molar-refractivity contribution in [3.8, 4) is 0 Å². The van der Waals surface area contributed by atoms with Crippen molar-refractivity contribution in [2.45, 2.75) is 19.4 Å². The van der Waals surface area contributed by atoms with Gasteiger partial charge in [0, 0.05) is 25.2 Å². The predicted octanol–water partition coefficient (Wildman–Crippen LogP) is 3.04. The highest BCUT2D eigenvalue weighted by Crippen LogP contribution is 2.27. The van der Waals surface area contributed by atoms with Gasteiger partial charge in [-0.1, -0.05) is 30.3 Å². The molecule has 5 nitrogen and oxygen atoms in total. The minimum absolute atomic E-state index is 0.0133. The quantitative estimate of drug-likeness (QED) is 0.738. The molecule has 4 rings (SSSR count). The molecular weight excluding hydrogens is 334 g/mol. The number of anilines is 1. The highest BCUT2D eigenvalue weighted by Gasteiger charge is 2.23. The van der Waals surface area contributed by atoms with Crippen LogP contribution in [0.25, 0.3) is 10.9 Å². The summed E-state index contributed by atoms with van der Waals surface area (Å²) in [5.41, 5.74) is 2.72. The van der Waals surface area contributed by atoms with E-state index in [0.717, 1.165) is 12.1 Å². The number of nitrogens with zero attached hydrogens (tertiary/aromatic N) is 2. The van der Waals surface area contributed by atoms with Crippen molar-refractivity contribution in [3.63, 3.8) is 0 Å². The lowest BCUT2D eigenvalue weighted by Gasteiger charge is -2.17. The second kappa shape index (κ2) is 6.29. The molecule has 0 spiro atoms. The van der Waals surface area contributed by atoms with Crippen molar-refractivity contribution in [1.82, 2.24) is 9.55 Å². The van der Waals surface area contributed by atoms with Gasteiger partial charge in [-0.15, -0.1) is 0 Å². The summed E-state index contributed by atoms with van der Waals surface area (Å²) in [7, 11) is 0. The third-order valence-electron chi connectivity index (χ3n) is 4.63. The smallest absolute Gasteiger partial charge is 0.262 e. The van der Waals surface area contributed by atoms with E-state index in [-0.39, 0.29) is 24.4 Å². The molecule has 2 aromatic carbocycles. The van der Waals surface area contributed by atoms with Crippen molar-refractivity contribution in [2.24, 2.45) is 0 Å². The second-order valence-corrected chi connectivity index (χ2v) is 6.49. The number of amides is 1. The number of hydrogen-bond acceptors (Lipinski definition) is 3. The lowest BCUT2D eigenvalue weighted by molar-refractivity contribution is -0.118. The van der Waals surface area contributed by atoms with Crippen LogP contribution in [0.4, 0.5) is 5.69 Å². The van der Waals surface area contributed by atoms with Gasteiger partial charge in [0.05, 0.1) is 10.9 Å². The standard InChI is InChI=1S/C19H17N3O2S/c23-17(21-11-9-13-5-1-4-8-16(13)21)10-12-22-18(24)14-6-2-3-7-15(14)20-19(22)25/h1-8H,9-12H2,(H,20,25). The molecule has 0 saturated heterocycles. The Balaban J connectivity index is 1.58.